The molecule has 1 heterocycles. The van der Waals surface area contributed by atoms with Crippen molar-refractivity contribution in [1.82, 2.24) is 4.98 Å². The molecule has 0 saturated carbocycles. The average Bonchev–Trinajstić information content (AvgIpc) is 2.84. The van der Waals surface area contributed by atoms with E-state index in [-0.39, 0.29) is 0 Å². The maximum absolute atomic E-state index is 8.44. The second kappa shape index (κ2) is 4.33. The second-order valence-corrected chi connectivity index (χ2v) is 3.85. The molecule has 0 bridgehead atoms. The summed E-state index contributed by atoms with van der Waals surface area (Å²) in [6, 6.07) is 15.1. The minimum absolute atomic E-state index is 0.587. The van der Waals surface area contributed by atoms with Gasteiger partial charge in [-0.2, -0.15) is 0 Å². The molecule has 88 valence electrons. The van der Waals surface area contributed by atoms with Gasteiger partial charge in [-0.3, -0.25) is 0 Å². The molecule has 0 spiro atoms. The van der Waals surface area contributed by atoms with Crippen LogP contribution in [0.4, 0.5) is 0 Å². The molecule has 0 radical (unpaired) electrons. The molecule has 0 unspecified atom stereocenters. The molecule has 0 saturated heterocycles. The molecule has 3 aromatic rings. The van der Waals surface area contributed by atoms with E-state index in [9.17, 15) is 0 Å². The van der Waals surface area contributed by atoms with Crippen LogP contribution in [0.2, 0.25) is 0 Å². The van der Waals surface area contributed by atoms with Crippen LogP contribution in [0.15, 0.2) is 58.1 Å². The molecule has 0 atom stereocenters. The molecule has 18 heavy (non-hydrogen) atoms. The lowest BCUT2D eigenvalue weighted by molar-refractivity contribution is 0.322. The van der Waals surface area contributed by atoms with E-state index in [1.165, 1.54) is 6.21 Å². The first-order valence-electron chi connectivity index (χ1n) is 5.50. The van der Waals surface area contributed by atoms with Gasteiger partial charge in [-0.05, 0) is 29.8 Å². The number of benzene rings is 2. The summed E-state index contributed by atoms with van der Waals surface area (Å²) in [6.07, 6.45) is 1.37. The van der Waals surface area contributed by atoms with Gasteiger partial charge >= 0.3 is 0 Å². The summed E-state index contributed by atoms with van der Waals surface area (Å²) in [4.78, 5) is 4.41. The number of rotatable bonds is 2. The van der Waals surface area contributed by atoms with E-state index < -0.39 is 0 Å². The lowest BCUT2D eigenvalue weighted by atomic mass is 10.1. The van der Waals surface area contributed by atoms with Gasteiger partial charge < -0.3 is 9.62 Å². The molecule has 0 amide bonds. The van der Waals surface area contributed by atoms with Crippen LogP contribution < -0.4 is 0 Å². The second-order valence-electron chi connectivity index (χ2n) is 3.85. The molecule has 2 aromatic carbocycles. The highest BCUT2D eigenvalue weighted by atomic mass is 16.4. The van der Waals surface area contributed by atoms with Crippen molar-refractivity contribution in [2.24, 2.45) is 5.16 Å². The Morgan fingerprint density at radius 3 is 2.56 bits per heavy atom. The predicted molar refractivity (Wildman–Crippen MR) is 68.8 cm³/mol. The zero-order valence-corrected chi connectivity index (χ0v) is 9.45. The number of fused-ring (bicyclic) bond motifs is 1. The number of oxime groups is 1. The first-order chi connectivity index (χ1) is 8.86. The minimum atomic E-state index is 0.587. The summed E-state index contributed by atoms with van der Waals surface area (Å²) in [5.74, 6) is 0.587. The quantitative estimate of drug-likeness (QED) is 0.423. The molecule has 3 rings (SSSR count). The van der Waals surface area contributed by atoms with Gasteiger partial charge in [-0.15, -0.1) is 0 Å². The number of hydrogen-bond donors (Lipinski definition) is 1. The zero-order chi connectivity index (χ0) is 12.4. The standard InChI is InChI=1S/C14H10N2O2/c17-15-9-10-5-7-11(8-6-10)14-16-12-3-1-2-4-13(12)18-14/h1-9,17H/b15-9-. The molecule has 4 nitrogen and oxygen atoms in total. The molecule has 0 aliphatic heterocycles. The number of aromatic nitrogens is 1. The molecule has 4 heteroatoms. The third-order valence-electron chi connectivity index (χ3n) is 2.66. The van der Waals surface area contributed by atoms with E-state index in [1.54, 1.807) is 0 Å². The summed E-state index contributed by atoms with van der Waals surface area (Å²) >= 11 is 0. The van der Waals surface area contributed by atoms with E-state index in [1.807, 2.05) is 48.5 Å². The Morgan fingerprint density at radius 1 is 1.06 bits per heavy atom. The van der Waals surface area contributed by atoms with Crippen LogP contribution in [0, 0.1) is 0 Å². The summed E-state index contributed by atoms with van der Waals surface area (Å²) in [7, 11) is 0. The van der Waals surface area contributed by atoms with Crippen LogP contribution in [0.1, 0.15) is 5.56 Å². The van der Waals surface area contributed by atoms with Crippen molar-refractivity contribution in [3.8, 4) is 11.5 Å². The van der Waals surface area contributed by atoms with Crippen molar-refractivity contribution in [1.29, 1.82) is 0 Å². The topological polar surface area (TPSA) is 58.6 Å². The molecule has 1 N–H and O–H groups in total. The van der Waals surface area contributed by atoms with Gasteiger partial charge in [0.2, 0.25) is 5.89 Å². The van der Waals surface area contributed by atoms with Crippen molar-refractivity contribution in [3.05, 3.63) is 54.1 Å². The third-order valence-corrected chi connectivity index (χ3v) is 2.66. The average molecular weight is 238 g/mol. The molecular weight excluding hydrogens is 228 g/mol. The highest BCUT2D eigenvalue weighted by molar-refractivity contribution is 5.80. The predicted octanol–water partition coefficient (Wildman–Crippen LogP) is 3.30. The summed E-state index contributed by atoms with van der Waals surface area (Å²) in [5, 5.41) is 11.4. The van der Waals surface area contributed by atoms with E-state index in [0.717, 1.165) is 22.2 Å². The summed E-state index contributed by atoms with van der Waals surface area (Å²) < 4.78 is 5.66. The first-order valence-corrected chi connectivity index (χ1v) is 5.50. The van der Waals surface area contributed by atoms with Gasteiger partial charge in [0.05, 0.1) is 6.21 Å². The Balaban J connectivity index is 2.03. The highest BCUT2D eigenvalue weighted by Gasteiger charge is 2.06. The largest absolute Gasteiger partial charge is 0.436 e. The van der Waals surface area contributed by atoms with E-state index >= 15 is 0 Å². The lowest BCUT2D eigenvalue weighted by Gasteiger charge is -1.95. The number of oxazole rings is 1. The molecule has 0 aliphatic rings. The van der Waals surface area contributed by atoms with Gasteiger partial charge in [-0.25, -0.2) is 4.98 Å². The van der Waals surface area contributed by atoms with Gasteiger partial charge in [0.15, 0.2) is 5.58 Å². The van der Waals surface area contributed by atoms with Crippen LogP contribution in [0.5, 0.6) is 0 Å². The Labute approximate surface area is 103 Å². The smallest absolute Gasteiger partial charge is 0.227 e. The fraction of sp³-hybridized carbons (Fsp3) is 0. The SMILES string of the molecule is O/N=C\c1ccc(-c2nc3ccccc3o2)cc1. The monoisotopic (exact) mass is 238 g/mol. The maximum Gasteiger partial charge on any atom is 0.227 e. The summed E-state index contributed by atoms with van der Waals surface area (Å²) in [5.41, 5.74) is 3.32. The fourth-order valence-corrected chi connectivity index (χ4v) is 1.77. The molecular formula is C14H10N2O2. The molecule has 1 aromatic heterocycles. The van der Waals surface area contributed by atoms with Gasteiger partial charge in [-0.1, -0.05) is 29.4 Å². The Hall–Kier alpha value is -2.62. The third kappa shape index (κ3) is 1.84. The fourth-order valence-electron chi connectivity index (χ4n) is 1.77. The van der Waals surface area contributed by atoms with Crippen molar-refractivity contribution < 1.29 is 9.62 Å². The lowest BCUT2D eigenvalue weighted by Crippen LogP contribution is -1.82. The van der Waals surface area contributed by atoms with E-state index in [0.29, 0.717) is 5.89 Å². The van der Waals surface area contributed by atoms with Gasteiger partial charge in [0.1, 0.15) is 5.52 Å². The van der Waals surface area contributed by atoms with E-state index in [2.05, 4.69) is 10.1 Å². The Morgan fingerprint density at radius 2 is 1.83 bits per heavy atom. The number of para-hydroxylation sites is 2. The van der Waals surface area contributed by atoms with Crippen LogP contribution in [0.25, 0.3) is 22.6 Å². The van der Waals surface area contributed by atoms with Crippen molar-refractivity contribution in [2.45, 2.75) is 0 Å². The zero-order valence-electron chi connectivity index (χ0n) is 9.45. The normalized spacial score (nSPS) is 11.3. The van der Waals surface area contributed by atoms with Crippen molar-refractivity contribution >= 4 is 17.3 Å². The van der Waals surface area contributed by atoms with Crippen LogP contribution >= 0.6 is 0 Å². The van der Waals surface area contributed by atoms with Crippen LogP contribution in [-0.2, 0) is 0 Å². The van der Waals surface area contributed by atoms with E-state index in [4.69, 9.17) is 9.62 Å². The van der Waals surface area contributed by atoms with Gasteiger partial charge in [0, 0.05) is 5.56 Å². The first kappa shape index (κ1) is 10.5. The number of nitrogens with zero attached hydrogens (tertiary/aromatic N) is 2. The van der Waals surface area contributed by atoms with Crippen LogP contribution in [-0.4, -0.2) is 16.4 Å². The maximum atomic E-state index is 8.44. The Kier molecular flexibility index (Phi) is 2.53. The molecule has 0 fully saturated rings. The minimum Gasteiger partial charge on any atom is -0.436 e. The van der Waals surface area contributed by atoms with Crippen LogP contribution in [0.3, 0.4) is 0 Å². The van der Waals surface area contributed by atoms with Crippen molar-refractivity contribution in [3.63, 3.8) is 0 Å². The Bertz CT molecular complexity index is 666. The summed E-state index contributed by atoms with van der Waals surface area (Å²) in [6.45, 7) is 0. The number of hydrogen-bond acceptors (Lipinski definition) is 4. The molecule has 0 aliphatic carbocycles. The van der Waals surface area contributed by atoms with Crippen molar-refractivity contribution in [2.75, 3.05) is 0 Å². The highest BCUT2D eigenvalue weighted by Crippen LogP contribution is 2.23. The van der Waals surface area contributed by atoms with Gasteiger partial charge in [0.25, 0.3) is 0 Å².